The van der Waals surface area contributed by atoms with Crippen LogP contribution in [0.3, 0.4) is 0 Å². The molecule has 0 saturated carbocycles. The molecule has 1 aliphatic heterocycles. The van der Waals surface area contributed by atoms with Gasteiger partial charge >= 0.3 is 5.97 Å². The maximum absolute atomic E-state index is 13.4. The Morgan fingerprint density at radius 1 is 1.29 bits per heavy atom. The quantitative estimate of drug-likeness (QED) is 0.871. The normalized spacial score (nSPS) is 17.8. The summed E-state index contributed by atoms with van der Waals surface area (Å²) in [6.45, 7) is 0.457. The first-order valence-corrected chi connectivity index (χ1v) is 6.13. The van der Waals surface area contributed by atoms with E-state index in [1.54, 1.807) is 0 Å². The van der Waals surface area contributed by atoms with E-state index < -0.39 is 29.4 Å². The zero-order chi connectivity index (χ0) is 14.7. The summed E-state index contributed by atoms with van der Waals surface area (Å²) >= 11 is 0. The number of nitrogens with zero attached hydrogens (tertiary/aromatic N) is 1. The van der Waals surface area contributed by atoms with Crippen molar-refractivity contribution in [2.75, 3.05) is 13.1 Å². The Kier molecular flexibility index (Phi) is 5.84. The van der Waals surface area contributed by atoms with Crippen LogP contribution in [0.15, 0.2) is 24.3 Å². The van der Waals surface area contributed by atoms with Crippen LogP contribution < -0.4 is 0 Å². The number of hydrogen-bond donors (Lipinski definition) is 1. The predicted molar refractivity (Wildman–Crippen MR) is 75.0 cm³/mol. The van der Waals surface area contributed by atoms with Crippen molar-refractivity contribution >= 4 is 30.4 Å². The van der Waals surface area contributed by atoms with E-state index in [0.717, 1.165) is 24.3 Å². The molecule has 0 aromatic heterocycles. The molecule has 0 radical (unpaired) electrons. The van der Waals surface area contributed by atoms with E-state index in [2.05, 4.69) is 0 Å². The first kappa shape index (κ1) is 17.1. The van der Waals surface area contributed by atoms with Gasteiger partial charge in [-0.2, -0.15) is 0 Å². The van der Waals surface area contributed by atoms with E-state index in [1.807, 2.05) is 0 Å². The number of aliphatic carboxylic acids is 1. The molecule has 114 valence electrons. The summed E-state index contributed by atoms with van der Waals surface area (Å²) in [6.07, 6.45) is 2.52. The van der Waals surface area contributed by atoms with Gasteiger partial charge in [0.25, 0.3) is 0 Å². The van der Waals surface area contributed by atoms with Crippen LogP contribution in [0.1, 0.15) is 12.0 Å². The highest BCUT2D eigenvalue weighted by Gasteiger charge is 2.29. The summed E-state index contributed by atoms with van der Waals surface area (Å²) in [5.74, 6) is -3.46. The lowest BCUT2D eigenvalue weighted by Crippen LogP contribution is -2.28. The first-order chi connectivity index (χ1) is 9.49. The molecule has 1 heterocycles. The minimum absolute atomic E-state index is 0. The van der Waals surface area contributed by atoms with Crippen molar-refractivity contribution in [3.8, 4) is 0 Å². The van der Waals surface area contributed by atoms with Gasteiger partial charge in [-0.05, 0) is 24.6 Å². The molecule has 1 unspecified atom stereocenters. The second-order valence-corrected chi connectivity index (χ2v) is 4.58. The molecule has 7 heteroatoms. The summed E-state index contributed by atoms with van der Waals surface area (Å²) in [7, 11) is 0. The largest absolute Gasteiger partial charge is 0.481 e. The lowest BCUT2D eigenvalue weighted by Gasteiger charge is -2.12. The van der Waals surface area contributed by atoms with Crippen molar-refractivity contribution < 1.29 is 23.5 Å². The fourth-order valence-electron chi connectivity index (χ4n) is 2.09. The maximum atomic E-state index is 13.4. The Hall–Kier alpha value is -1.95. The van der Waals surface area contributed by atoms with E-state index in [4.69, 9.17) is 5.11 Å². The Balaban J connectivity index is 0.00000220. The van der Waals surface area contributed by atoms with Gasteiger partial charge in [0.05, 0.1) is 5.92 Å². The van der Waals surface area contributed by atoms with Crippen LogP contribution >= 0.6 is 12.4 Å². The number of halogens is 3. The van der Waals surface area contributed by atoms with Crippen LogP contribution in [0.4, 0.5) is 8.78 Å². The number of likely N-dealkylation sites (tertiary alicyclic amines) is 1. The predicted octanol–water partition coefficient (Wildman–Crippen LogP) is 2.33. The van der Waals surface area contributed by atoms with Crippen molar-refractivity contribution in [2.45, 2.75) is 6.42 Å². The van der Waals surface area contributed by atoms with Crippen molar-refractivity contribution in [3.05, 3.63) is 41.5 Å². The van der Waals surface area contributed by atoms with Gasteiger partial charge in [0, 0.05) is 24.7 Å². The van der Waals surface area contributed by atoms with Crippen molar-refractivity contribution in [1.82, 2.24) is 4.90 Å². The molecule has 1 fully saturated rings. The lowest BCUT2D eigenvalue weighted by molar-refractivity contribution is -0.141. The molecule has 1 amide bonds. The fourth-order valence-corrected chi connectivity index (χ4v) is 2.09. The minimum Gasteiger partial charge on any atom is -0.481 e. The Morgan fingerprint density at radius 2 is 1.90 bits per heavy atom. The van der Waals surface area contributed by atoms with Gasteiger partial charge in [0.2, 0.25) is 5.91 Å². The van der Waals surface area contributed by atoms with E-state index >= 15 is 0 Å². The molecule has 1 saturated heterocycles. The number of benzene rings is 1. The summed E-state index contributed by atoms with van der Waals surface area (Å²) in [5, 5.41) is 8.84. The smallest absolute Gasteiger partial charge is 0.308 e. The Morgan fingerprint density at radius 3 is 2.43 bits per heavy atom. The highest BCUT2D eigenvalue weighted by Crippen LogP contribution is 2.18. The van der Waals surface area contributed by atoms with Gasteiger partial charge < -0.3 is 10.0 Å². The van der Waals surface area contributed by atoms with Crippen LogP contribution in [-0.2, 0) is 9.59 Å². The summed E-state index contributed by atoms with van der Waals surface area (Å²) < 4.78 is 26.7. The average Bonchev–Trinajstić information content (AvgIpc) is 2.87. The van der Waals surface area contributed by atoms with Gasteiger partial charge in [-0.3, -0.25) is 9.59 Å². The van der Waals surface area contributed by atoms with Gasteiger partial charge in [-0.15, -0.1) is 12.4 Å². The van der Waals surface area contributed by atoms with Crippen LogP contribution in [0.25, 0.3) is 6.08 Å². The van der Waals surface area contributed by atoms with Crippen LogP contribution in [0, 0.1) is 17.6 Å². The minimum atomic E-state index is -0.940. The number of carboxylic acids is 1. The van der Waals surface area contributed by atoms with Gasteiger partial charge in [-0.1, -0.05) is 6.07 Å². The topological polar surface area (TPSA) is 57.6 Å². The molecule has 1 aromatic rings. The number of carboxylic acid groups (broad SMARTS) is 1. The monoisotopic (exact) mass is 317 g/mol. The summed E-state index contributed by atoms with van der Waals surface area (Å²) in [4.78, 5) is 23.9. The third kappa shape index (κ3) is 4.01. The van der Waals surface area contributed by atoms with E-state index in [1.165, 1.54) is 11.0 Å². The maximum Gasteiger partial charge on any atom is 0.308 e. The zero-order valence-electron chi connectivity index (χ0n) is 11.0. The molecule has 1 N–H and O–H groups in total. The zero-order valence-corrected chi connectivity index (χ0v) is 11.8. The molecule has 4 nitrogen and oxygen atoms in total. The number of carbonyl (C=O) groups excluding carboxylic acids is 1. The van der Waals surface area contributed by atoms with Crippen molar-refractivity contribution in [2.24, 2.45) is 5.92 Å². The van der Waals surface area contributed by atoms with Crippen LogP contribution in [-0.4, -0.2) is 35.0 Å². The second-order valence-electron chi connectivity index (χ2n) is 4.58. The van der Waals surface area contributed by atoms with Crippen molar-refractivity contribution in [1.29, 1.82) is 0 Å². The molecule has 1 aromatic carbocycles. The third-order valence-corrected chi connectivity index (χ3v) is 3.24. The average molecular weight is 318 g/mol. The molecule has 2 rings (SSSR count). The number of hydrogen-bond acceptors (Lipinski definition) is 2. The fraction of sp³-hybridized carbons (Fsp3) is 0.286. The van der Waals surface area contributed by atoms with Crippen molar-refractivity contribution in [3.63, 3.8) is 0 Å². The molecular weight excluding hydrogens is 304 g/mol. The second kappa shape index (κ2) is 7.17. The lowest BCUT2D eigenvalue weighted by atomic mass is 10.1. The standard InChI is InChI=1S/C14H13F2NO3.ClH/c15-11-2-1-3-12(16)10(11)4-5-13(18)17-7-6-9(8-17)14(19)20;/h1-5,9H,6-8H2,(H,19,20);1H/b5-4+;. The SMILES string of the molecule is Cl.O=C(O)C1CCN(C(=O)/C=C/c2c(F)cccc2F)C1. The summed E-state index contributed by atoms with van der Waals surface area (Å²) in [5.41, 5.74) is -0.283. The molecule has 1 aliphatic rings. The van der Waals surface area contributed by atoms with E-state index in [0.29, 0.717) is 13.0 Å². The van der Waals surface area contributed by atoms with E-state index in [-0.39, 0.29) is 24.5 Å². The Labute approximate surface area is 126 Å². The highest BCUT2D eigenvalue weighted by atomic mass is 35.5. The van der Waals surface area contributed by atoms with Crippen LogP contribution in [0.5, 0.6) is 0 Å². The molecule has 0 bridgehead atoms. The molecule has 0 aliphatic carbocycles. The van der Waals surface area contributed by atoms with E-state index in [9.17, 15) is 18.4 Å². The highest BCUT2D eigenvalue weighted by molar-refractivity contribution is 5.92. The first-order valence-electron chi connectivity index (χ1n) is 6.13. The molecule has 1 atom stereocenters. The van der Waals surface area contributed by atoms with Gasteiger partial charge in [-0.25, -0.2) is 8.78 Å². The number of amides is 1. The number of rotatable bonds is 3. The summed E-state index contributed by atoms with van der Waals surface area (Å²) in [6, 6.07) is 3.44. The van der Waals surface area contributed by atoms with Gasteiger partial charge in [0.15, 0.2) is 0 Å². The van der Waals surface area contributed by atoms with Crippen LogP contribution in [0.2, 0.25) is 0 Å². The molecule has 21 heavy (non-hydrogen) atoms. The molecular formula is C14H14ClF2NO3. The third-order valence-electron chi connectivity index (χ3n) is 3.24. The van der Waals surface area contributed by atoms with Gasteiger partial charge in [0.1, 0.15) is 11.6 Å². The Bertz CT molecular complexity index is 557. The number of carbonyl (C=O) groups is 2. The molecule has 0 spiro atoms.